The molecular weight excluding hydrogens is 707 g/mol. The molecule has 1 aromatic rings. The summed E-state index contributed by atoms with van der Waals surface area (Å²) in [4.78, 5) is 45.2. The van der Waals surface area contributed by atoms with Crippen LogP contribution in [0.15, 0.2) is 58.2 Å². The third kappa shape index (κ3) is 7.58. The van der Waals surface area contributed by atoms with Crippen LogP contribution in [0.1, 0.15) is 135 Å². The summed E-state index contributed by atoms with van der Waals surface area (Å²) in [6, 6.07) is 0. The fourth-order valence-corrected chi connectivity index (χ4v) is 9.70. The summed E-state index contributed by atoms with van der Waals surface area (Å²) >= 11 is 0. The number of rotatable bonds is 15. The van der Waals surface area contributed by atoms with Crippen molar-refractivity contribution in [2.45, 2.75) is 143 Å². The van der Waals surface area contributed by atoms with Gasteiger partial charge in [0.1, 0.15) is 22.8 Å². The van der Waals surface area contributed by atoms with Gasteiger partial charge < -0.3 is 29.3 Å². The normalized spacial score (nSPS) is 26.6. The molecule has 2 saturated heterocycles. The number of likely N-dealkylation sites (tertiary alicyclic amines) is 1. The summed E-state index contributed by atoms with van der Waals surface area (Å²) < 4.78 is 19.6. The minimum Gasteiger partial charge on any atom is -0.507 e. The van der Waals surface area contributed by atoms with E-state index in [-0.39, 0.29) is 53.4 Å². The number of nitrogens with zero attached hydrogens (tertiary/aromatic N) is 1. The highest BCUT2D eigenvalue weighted by atomic mass is 16.6. The van der Waals surface area contributed by atoms with E-state index in [0.29, 0.717) is 29.7 Å². The second kappa shape index (κ2) is 16.5. The first-order chi connectivity index (χ1) is 26.5. The Morgan fingerprint density at radius 2 is 1.61 bits per heavy atom. The number of carbonyl (C=O) groups excluding carboxylic acids is 3. The molecule has 0 aromatic heterocycles. The van der Waals surface area contributed by atoms with E-state index in [4.69, 9.17) is 14.2 Å². The first-order valence-electron chi connectivity index (χ1n) is 20.8. The Kier molecular flexibility index (Phi) is 12.3. The Bertz CT molecular complexity index is 1900. The van der Waals surface area contributed by atoms with Gasteiger partial charge in [-0.15, -0.1) is 0 Å². The average Bonchev–Trinajstić information content (AvgIpc) is 3.30. The van der Waals surface area contributed by atoms with Crippen LogP contribution in [0.5, 0.6) is 17.2 Å². The maximum absolute atomic E-state index is 15.0. The number of carbonyl (C=O) groups is 3. The number of benzene rings is 1. The number of phenolic OH excluding ortho intramolecular Hbond substituents is 2. The third-order valence-electron chi connectivity index (χ3n) is 12.7. The van der Waals surface area contributed by atoms with Crippen LogP contribution >= 0.6 is 0 Å². The van der Waals surface area contributed by atoms with Crippen LogP contribution in [-0.2, 0) is 31.9 Å². The van der Waals surface area contributed by atoms with Crippen LogP contribution in [0.2, 0.25) is 0 Å². The molecule has 1 spiro atoms. The van der Waals surface area contributed by atoms with Gasteiger partial charge in [-0.25, -0.2) is 4.79 Å². The molecule has 6 aliphatic rings. The van der Waals surface area contributed by atoms with Crippen molar-refractivity contribution < 1.29 is 38.8 Å². The predicted octanol–water partition coefficient (Wildman–Crippen LogP) is 8.99. The number of ketones is 2. The van der Waals surface area contributed by atoms with Gasteiger partial charge in [0.05, 0.1) is 12.2 Å². The highest BCUT2D eigenvalue weighted by Gasteiger charge is 2.81. The number of unbranched alkanes of at least 4 members (excludes halogenated alkanes) is 1. The molecular formula is C47H63NO8. The highest BCUT2D eigenvalue weighted by molar-refractivity contribution is 6.18. The number of ether oxygens (including phenoxy) is 3. The summed E-state index contributed by atoms with van der Waals surface area (Å²) in [5, 5.41) is 23.8. The molecule has 4 unspecified atom stereocenters. The number of aromatic hydroxyl groups is 2. The SMILES string of the molecule is CC(C)=CCC/C(C)=C/Cc1c(O)c(CC=C(C)C)c2c(c1O)C(=O)C1=CC3CC4C(C)(C)OC(C/C=C(/C)C(=O)OCCCCN5CCCCC5)(C3=O)C14O2. The number of allylic oxidation sites excluding steroid dienone is 7. The third-order valence-corrected chi connectivity index (χ3v) is 12.7. The smallest absolute Gasteiger partial charge is 0.333 e. The summed E-state index contributed by atoms with van der Waals surface area (Å²) in [6.45, 7) is 19.2. The summed E-state index contributed by atoms with van der Waals surface area (Å²) in [6.07, 6.45) is 17.7. The van der Waals surface area contributed by atoms with Gasteiger partial charge in [0, 0.05) is 40.5 Å². The van der Waals surface area contributed by atoms with Crippen LogP contribution in [0.4, 0.5) is 0 Å². The highest BCUT2D eigenvalue weighted by Crippen LogP contribution is 2.68. The molecule has 2 N–H and O–H groups in total. The topological polar surface area (TPSA) is 123 Å². The van der Waals surface area contributed by atoms with Crippen LogP contribution < -0.4 is 4.74 Å². The van der Waals surface area contributed by atoms with E-state index in [1.54, 1.807) is 19.1 Å². The van der Waals surface area contributed by atoms with Gasteiger partial charge in [-0.2, -0.15) is 0 Å². The number of esters is 1. The molecule has 56 heavy (non-hydrogen) atoms. The maximum atomic E-state index is 15.0. The van der Waals surface area contributed by atoms with Gasteiger partial charge in [0.2, 0.25) is 0 Å². The van der Waals surface area contributed by atoms with Crippen molar-refractivity contribution in [2.75, 3.05) is 26.2 Å². The number of hydrogen-bond donors (Lipinski definition) is 2. The molecule has 3 aliphatic carbocycles. The van der Waals surface area contributed by atoms with Crippen LogP contribution in [-0.4, -0.2) is 75.7 Å². The Morgan fingerprint density at radius 3 is 2.30 bits per heavy atom. The zero-order chi connectivity index (χ0) is 40.6. The molecule has 4 bridgehead atoms. The van der Waals surface area contributed by atoms with E-state index in [9.17, 15) is 24.6 Å². The van der Waals surface area contributed by atoms with E-state index in [1.165, 1.54) is 24.8 Å². The number of fused-ring (bicyclic) bond motifs is 1. The second-order valence-corrected chi connectivity index (χ2v) is 17.8. The summed E-state index contributed by atoms with van der Waals surface area (Å²) in [7, 11) is 0. The molecule has 3 heterocycles. The van der Waals surface area contributed by atoms with Gasteiger partial charge in [-0.3, -0.25) is 9.59 Å². The largest absolute Gasteiger partial charge is 0.507 e. The minimum absolute atomic E-state index is 0.00497. The van der Waals surface area contributed by atoms with Crippen molar-refractivity contribution in [1.29, 1.82) is 0 Å². The monoisotopic (exact) mass is 769 g/mol. The van der Waals surface area contributed by atoms with Gasteiger partial charge in [-0.05, 0) is 133 Å². The molecule has 0 radical (unpaired) electrons. The van der Waals surface area contributed by atoms with Crippen molar-refractivity contribution in [3.05, 3.63) is 74.9 Å². The average molecular weight is 770 g/mol. The molecule has 3 aliphatic heterocycles. The Labute approximate surface area is 333 Å². The number of hydrogen-bond acceptors (Lipinski definition) is 9. The molecule has 1 aromatic carbocycles. The van der Waals surface area contributed by atoms with Crippen molar-refractivity contribution in [2.24, 2.45) is 11.8 Å². The Hall–Kier alpha value is -3.95. The second-order valence-electron chi connectivity index (χ2n) is 17.8. The lowest BCUT2D eigenvalue weighted by atomic mass is 9.51. The van der Waals surface area contributed by atoms with Crippen molar-refractivity contribution in [1.82, 2.24) is 4.90 Å². The van der Waals surface area contributed by atoms with E-state index >= 15 is 0 Å². The van der Waals surface area contributed by atoms with Gasteiger partial charge in [0.15, 0.2) is 22.8 Å². The molecule has 304 valence electrons. The maximum Gasteiger partial charge on any atom is 0.333 e. The number of Topliss-reactive ketones (excluding diaryl/α,β-unsaturated/α-hetero) is 2. The fraction of sp³-hybridized carbons (Fsp3) is 0.596. The minimum atomic E-state index is -1.62. The van der Waals surface area contributed by atoms with E-state index < -0.39 is 40.4 Å². The lowest BCUT2D eigenvalue weighted by molar-refractivity contribution is -0.171. The van der Waals surface area contributed by atoms with Crippen LogP contribution in [0.3, 0.4) is 0 Å². The van der Waals surface area contributed by atoms with Crippen molar-refractivity contribution in [3.8, 4) is 17.2 Å². The Morgan fingerprint density at radius 1 is 0.911 bits per heavy atom. The first kappa shape index (κ1) is 41.7. The molecule has 7 rings (SSSR count). The molecule has 9 heteroatoms. The van der Waals surface area contributed by atoms with Crippen molar-refractivity contribution >= 4 is 17.5 Å². The van der Waals surface area contributed by atoms with Crippen LogP contribution in [0.25, 0.3) is 0 Å². The quantitative estimate of drug-likeness (QED) is 0.0779. The Balaban J connectivity index is 1.33. The van der Waals surface area contributed by atoms with Gasteiger partial charge in [0.25, 0.3) is 0 Å². The zero-order valence-corrected chi connectivity index (χ0v) is 34.9. The van der Waals surface area contributed by atoms with Crippen molar-refractivity contribution in [3.63, 3.8) is 0 Å². The zero-order valence-electron chi connectivity index (χ0n) is 34.9. The fourth-order valence-electron chi connectivity index (χ4n) is 9.70. The van der Waals surface area contributed by atoms with E-state index in [0.717, 1.165) is 56.5 Å². The number of piperidine rings is 1. The van der Waals surface area contributed by atoms with Gasteiger partial charge >= 0.3 is 5.97 Å². The summed E-state index contributed by atoms with van der Waals surface area (Å²) in [5.74, 6) is -2.42. The lowest BCUT2D eigenvalue weighted by Crippen LogP contribution is -2.72. The van der Waals surface area contributed by atoms with Crippen LogP contribution in [0, 0.1) is 11.8 Å². The predicted molar refractivity (Wildman–Crippen MR) is 218 cm³/mol. The molecule has 9 nitrogen and oxygen atoms in total. The molecule has 0 amide bonds. The molecule has 1 saturated carbocycles. The summed E-state index contributed by atoms with van der Waals surface area (Å²) in [5.41, 5.74) is 0.630. The van der Waals surface area contributed by atoms with E-state index in [2.05, 4.69) is 24.8 Å². The first-order valence-corrected chi connectivity index (χ1v) is 20.8. The standard InChI is InChI=1S/C47H63NO8/c1-29(2)15-14-16-31(5)18-20-34-39(49)35(19-17-30(3)4)42-38(40(34)50)41(51)36-27-33-28-37-45(7,8)56-46(43(33)52,47(36,37)55-42)22-21-32(6)44(53)54-26-13-12-25-48-23-10-9-11-24-48/h15,17-18,21,27,33,37,49-50H,9-14,16,19-20,22-26,28H2,1-8H3/b31-18+,32-21-. The number of phenols is 2. The molecule has 3 fully saturated rings. The lowest BCUT2D eigenvalue weighted by Gasteiger charge is -2.56. The van der Waals surface area contributed by atoms with E-state index in [1.807, 2.05) is 46.8 Å². The van der Waals surface area contributed by atoms with Gasteiger partial charge in [-0.1, -0.05) is 53.5 Å². The molecule has 4 atom stereocenters.